The number of nitrogens with one attached hydrogen (secondary N) is 1. The summed E-state index contributed by atoms with van der Waals surface area (Å²) in [5, 5.41) is 14.4. The zero-order chi connectivity index (χ0) is 14.7. The molecule has 1 amide bonds. The van der Waals surface area contributed by atoms with Crippen molar-refractivity contribution >= 4 is 17.4 Å². The Balaban J connectivity index is 1.60. The third-order valence-electron chi connectivity index (χ3n) is 3.56. The summed E-state index contributed by atoms with van der Waals surface area (Å²) in [6.45, 7) is 2.44. The molecule has 0 saturated carbocycles. The highest BCUT2D eigenvalue weighted by atomic mass is 32.1. The molecule has 1 aromatic heterocycles. The normalized spacial score (nSPS) is 18.8. The number of rotatable bonds is 4. The Morgan fingerprint density at radius 3 is 3.00 bits per heavy atom. The van der Waals surface area contributed by atoms with Gasteiger partial charge in [0.1, 0.15) is 5.01 Å². The summed E-state index contributed by atoms with van der Waals surface area (Å²) in [7, 11) is 0. The highest BCUT2D eigenvalue weighted by molar-refractivity contribution is 7.13. The average molecular weight is 303 g/mol. The van der Waals surface area contributed by atoms with Crippen LogP contribution in [0.15, 0.2) is 35.7 Å². The van der Waals surface area contributed by atoms with E-state index in [1.165, 1.54) is 0 Å². The van der Waals surface area contributed by atoms with Crippen LogP contribution in [0, 0.1) is 0 Å². The van der Waals surface area contributed by atoms with E-state index in [-0.39, 0.29) is 6.04 Å². The molecule has 0 unspecified atom stereocenters. The van der Waals surface area contributed by atoms with Crippen molar-refractivity contribution in [2.45, 2.75) is 19.0 Å². The first kappa shape index (κ1) is 14.0. The van der Waals surface area contributed by atoms with E-state index in [9.17, 15) is 4.79 Å². The lowest BCUT2D eigenvalue weighted by Gasteiger charge is -2.14. The number of likely N-dealkylation sites (tertiary alicyclic amines) is 1. The maximum atomic E-state index is 10.6. The zero-order valence-electron chi connectivity index (χ0n) is 11.5. The zero-order valence-corrected chi connectivity index (χ0v) is 12.3. The molecule has 1 atom stereocenters. The van der Waals surface area contributed by atoms with Crippen molar-refractivity contribution in [3.63, 3.8) is 0 Å². The van der Waals surface area contributed by atoms with E-state index < -0.39 is 6.09 Å². The Kier molecular flexibility index (Phi) is 4.17. The lowest BCUT2D eigenvalue weighted by Crippen LogP contribution is -2.35. The van der Waals surface area contributed by atoms with Crippen LogP contribution in [0.1, 0.15) is 12.1 Å². The molecular weight excluding hydrogens is 286 g/mol. The van der Waals surface area contributed by atoms with Gasteiger partial charge in [-0.1, -0.05) is 30.3 Å². The monoisotopic (exact) mass is 303 g/mol. The van der Waals surface area contributed by atoms with Crippen molar-refractivity contribution in [3.05, 3.63) is 41.4 Å². The third kappa shape index (κ3) is 3.59. The van der Waals surface area contributed by atoms with Gasteiger partial charge < -0.3 is 10.4 Å². The van der Waals surface area contributed by atoms with Crippen LogP contribution in [0.3, 0.4) is 0 Å². The van der Waals surface area contributed by atoms with Crippen molar-refractivity contribution in [1.29, 1.82) is 0 Å². The van der Waals surface area contributed by atoms with Gasteiger partial charge in [-0.2, -0.15) is 0 Å². The molecule has 1 aliphatic rings. The molecule has 0 radical (unpaired) electrons. The Bertz CT molecular complexity index is 614. The van der Waals surface area contributed by atoms with Crippen LogP contribution in [-0.4, -0.2) is 40.2 Å². The van der Waals surface area contributed by atoms with E-state index in [0.29, 0.717) is 0 Å². The quantitative estimate of drug-likeness (QED) is 0.911. The van der Waals surface area contributed by atoms with Gasteiger partial charge in [-0.3, -0.25) is 4.90 Å². The summed E-state index contributed by atoms with van der Waals surface area (Å²) in [4.78, 5) is 17.6. The van der Waals surface area contributed by atoms with Gasteiger partial charge in [0.15, 0.2) is 0 Å². The van der Waals surface area contributed by atoms with E-state index in [2.05, 4.69) is 32.7 Å². The lowest BCUT2D eigenvalue weighted by molar-refractivity contribution is 0.189. The van der Waals surface area contributed by atoms with Gasteiger partial charge in [0, 0.05) is 36.6 Å². The Hall–Kier alpha value is -1.92. The largest absolute Gasteiger partial charge is 0.465 e. The molecule has 2 N–H and O–H groups in total. The van der Waals surface area contributed by atoms with Crippen molar-refractivity contribution in [2.75, 3.05) is 13.1 Å². The van der Waals surface area contributed by atoms with Crippen LogP contribution >= 0.6 is 11.3 Å². The van der Waals surface area contributed by atoms with Gasteiger partial charge in [-0.15, -0.1) is 11.3 Å². The van der Waals surface area contributed by atoms with Gasteiger partial charge in [0.05, 0.1) is 5.69 Å². The molecule has 21 heavy (non-hydrogen) atoms. The van der Waals surface area contributed by atoms with Crippen LogP contribution in [0.5, 0.6) is 0 Å². The van der Waals surface area contributed by atoms with E-state index in [1.807, 2.05) is 18.2 Å². The highest BCUT2D eigenvalue weighted by Crippen LogP contribution is 2.24. The summed E-state index contributed by atoms with van der Waals surface area (Å²) in [6, 6.07) is 10.2. The molecule has 6 heteroatoms. The Morgan fingerprint density at radius 1 is 1.43 bits per heavy atom. The predicted octanol–water partition coefficient (Wildman–Crippen LogP) is 2.65. The van der Waals surface area contributed by atoms with E-state index in [0.717, 1.165) is 42.3 Å². The number of benzene rings is 1. The van der Waals surface area contributed by atoms with Gasteiger partial charge in [-0.25, -0.2) is 9.78 Å². The summed E-state index contributed by atoms with van der Waals surface area (Å²) in [5.74, 6) is 0. The van der Waals surface area contributed by atoms with Crippen LogP contribution in [0.4, 0.5) is 4.79 Å². The SMILES string of the molecule is O=C(O)N[C@@H]1CCN(Cc2csc(-c3ccccc3)n2)C1. The molecule has 0 aliphatic carbocycles. The fraction of sp³-hybridized carbons (Fsp3) is 0.333. The lowest BCUT2D eigenvalue weighted by atomic mass is 10.2. The standard InChI is InChI=1S/C15H17N3O2S/c19-15(20)17-12-6-7-18(8-12)9-13-10-21-14(16-13)11-4-2-1-3-5-11/h1-5,10,12,17H,6-9H2,(H,19,20)/t12-/m1/s1. The first-order chi connectivity index (χ1) is 10.2. The van der Waals surface area contributed by atoms with Crippen molar-refractivity contribution in [3.8, 4) is 10.6 Å². The first-order valence-corrected chi connectivity index (χ1v) is 7.80. The molecule has 1 aromatic carbocycles. The molecule has 1 saturated heterocycles. The molecule has 3 rings (SSSR count). The van der Waals surface area contributed by atoms with Crippen molar-refractivity contribution < 1.29 is 9.90 Å². The number of hydrogen-bond acceptors (Lipinski definition) is 4. The number of thiazole rings is 1. The van der Waals surface area contributed by atoms with E-state index in [4.69, 9.17) is 5.11 Å². The second-order valence-corrected chi connectivity index (χ2v) is 6.04. The molecule has 1 fully saturated rings. The molecule has 0 spiro atoms. The summed E-state index contributed by atoms with van der Waals surface area (Å²) in [6.07, 6.45) is -0.0796. The van der Waals surface area contributed by atoms with Gasteiger partial charge in [-0.05, 0) is 6.42 Å². The molecule has 5 nitrogen and oxygen atoms in total. The summed E-state index contributed by atoms with van der Waals surface area (Å²) < 4.78 is 0. The number of amides is 1. The minimum absolute atomic E-state index is 0.0368. The second kappa shape index (κ2) is 6.24. The Labute approximate surface area is 127 Å². The maximum Gasteiger partial charge on any atom is 0.404 e. The van der Waals surface area contributed by atoms with E-state index >= 15 is 0 Å². The van der Waals surface area contributed by atoms with Crippen LogP contribution in [0.2, 0.25) is 0 Å². The maximum absolute atomic E-state index is 10.6. The minimum Gasteiger partial charge on any atom is -0.465 e. The highest BCUT2D eigenvalue weighted by Gasteiger charge is 2.24. The van der Waals surface area contributed by atoms with Crippen molar-refractivity contribution in [2.24, 2.45) is 0 Å². The number of nitrogens with zero attached hydrogens (tertiary/aromatic N) is 2. The van der Waals surface area contributed by atoms with Crippen molar-refractivity contribution in [1.82, 2.24) is 15.2 Å². The topological polar surface area (TPSA) is 65.5 Å². The van der Waals surface area contributed by atoms with Crippen LogP contribution < -0.4 is 5.32 Å². The van der Waals surface area contributed by atoms with Crippen LogP contribution in [0.25, 0.3) is 10.6 Å². The fourth-order valence-corrected chi connectivity index (χ4v) is 3.41. The molecule has 110 valence electrons. The van der Waals surface area contributed by atoms with Crippen LogP contribution in [-0.2, 0) is 6.54 Å². The summed E-state index contributed by atoms with van der Waals surface area (Å²) in [5.41, 5.74) is 2.19. The second-order valence-electron chi connectivity index (χ2n) is 5.18. The predicted molar refractivity (Wildman–Crippen MR) is 82.4 cm³/mol. The molecule has 2 heterocycles. The van der Waals surface area contributed by atoms with Gasteiger partial charge in [0.25, 0.3) is 0 Å². The number of carbonyl (C=O) groups is 1. The van der Waals surface area contributed by atoms with E-state index in [1.54, 1.807) is 11.3 Å². The number of hydrogen-bond donors (Lipinski definition) is 2. The minimum atomic E-state index is -0.943. The Morgan fingerprint density at radius 2 is 2.24 bits per heavy atom. The number of carboxylic acid groups (broad SMARTS) is 1. The third-order valence-corrected chi connectivity index (χ3v) is 4.50. The fourth-order valence-electron chi connectivity index (χ4n) is 2.59. The molecule has 1 aliphatic heterocycles. The smallest absolute Gasteiger partial charge is 0.404 e. The average Bonchev–Trinajstić information content (AvgIpc) is 3.09. The molecule has 2 aromatic rings. The molecular formula is C15H17N3O2S. The van der Waals surface area contributed by atoms with Gasteiger partial charge >= 0.3 is 6.09 Å². The summed E-state index contributed by atoms with van der Waals surface area (Å²) >= 11 is 1.65. The number of aromatic nitrogens is 1. The molecule has 0 bridgehead atoms. The first-order valence-electron chi connectivity index (χ1n) is 6.92. The van der Waals surface area contributed by atoms with Gasteiger partial charge in [0.2, 0.25) is 0 Å².